The van der Waals surface area contributed by atoms with Gasteiger partial charge >= 0.3 is 11.9 Å². The first-order chi connectivity index (χ1) is 13.6. The predicted octanol–water partition coefficient (Wildman–Crippen LogP) is 1.67. The number of ether oxygens (including phenoxy) is 1. The number of sulfonamides is 1. The van der Waals surface area contributed by atoms with Gasteiger partial charge in [-0.3, -0.25) is 9.59 Å². The summed E-state index contributed by atoms with van der Waals surface area (Å²) in [4.78, 5) is 35.2. The normalized spacial score (nSPS) is 18.2. The quantitative estimate of drug-likeness (QED) is 0.557. The van der Waals surface area contributed by atoms with Crippen molar-refractivity contribution >= 4 is 51.1 Å². The number of rotatable bonds is 8. The van der Waals surface area contributed by atoms with Crippen LogP contribution in [0.2, 0.25) is 10.0 Å². The molecule has 160 valence electrons. The van der Waals surface area contributed by atoms with Crippen LogP contribution in [0.25, 0.3) is 0 Å². The van der Waals surface area contributed by atoms with E-state index in [2.05, 4.69) is 10.1 Å². The van der Waals surface area contributed by atoms with Gasteiger partial charge in [0.05, 0.1) is 12.0 Å². The highest BCUT2D eigenvalue weighted by atomic mass is 35.5. The number of carboxylic acids is 1. The smallest absolute Gasteiger partial charge is 0.328 e. The summed E-state index contributed by atoms with van der Waals surface area (Å²) in [6, 6.07) is 1.60. The minimum Gasteiger partial charge on any atom is -0.481 e. The first-order valence-corrected chi connectivity index (χ1v) is 10.8. The molecule has 0 radical (unpaired) electrons. The van der Waals surface area contributed by atoms with Gasteiger partial charge in [-0.2, -0.15) is 4.31 Å². The van der Waals surface area contributed by atoms with E-state index in [0.717, 1.165) is 11.4 Å². The average molecular weight is 467 g/mol. The Bertz CT molecular complexity index is 887. The van der Waals surface area contributed by atoms with E-state index in [4.69, 9.17) is 28.3 Å². The first kappa shape index (κ1) is 23.4. The summed E-state index contributed by atoms with van der Waals surface area (Å²) >= 11 is 11.8. The maximum atomic E-state index is 13.0. The number of benzene rings is 1. The van der Waals surface area contributed by atoms with Gasteiger partial charge in [0.25, 0.3) is 0 Å². The van der Waals surface area contributed by atoms with Crippen LogP contribution < -0.4 is 5.32 Å². The van der Waals surface area contributed by atoms with Crippen LogP contribution in [-0.4, -0.2) is 61.4 Å². The van der Waals surface area contributed by atoms with E-state index in [1.54, 1.807) is 0 Å². The number of carboxylic acid groups (broad SMARTS) is 1. The fourth-order valence-electron chi connectivity index (χ4n) is 3.03. The number of nitrogens with one attached hydrogen (secondary N) is 1. The monoisotopic (exact) mass is 466 g/mol. The van der Waals surface area contributed by atoms with Crippen molar-refractivity contribution < 1.29 is 32.6 Å². The van der Waals surface area contributed by atoms with E-state index < -0.39 is 40.0 Å². The molecule has 1 aliphatic rings. The number of nitrogens with zero attached hydrogens (tertiary/aromatic N) is 1. The van der Waals surface area contributed by atoms with E-state index in [1.165, 1.54) is 18.2 Å². The van der Waals surface area contributed by atoms with Gasteiger partial charge in [-0.15, -0.1) is 0 Å². The van der Waals surface area contributed by atoms with Crippen LogP contribution in [0.5, 0.6) is 0 Å². The van der Waals surface area contributed by atoms with Crippen LogP contribution in [-0.2, 0) is 29.1 Å². The van der Waals surface area contributed by atoms with Gasteiger partial charge in [-0.05, 0) is 37.5 Å². The number of amides is 1. The molecule has 0 aliphatic carbocycles. The summed E-state index contributed by atoms with van der Waals surface area (Å²) in [7, 11) is -2.96. The van der Waals surface area contributed by atoms with E-state index >= 15 is 0 Å². The second-order valence-electron chi connectivity index (χ2n) is 6.40. The first-order valence-electron chi connectivity index (χ1n) is 8.64. The van der Waals surface area contributed by atoms with Gasteiger partial charge in [0.2, 0.25) is 15.9 Å². The second kappa shape index (κ2) is 9.75. The van der Waals surface area contributed by atoms with Crippen molar-refractivity contribution in [2.45, 2.75) is 42.7 Å². The Morgan fingerprint density at radius 3 is 2.45 bits per heavy atom. The molecule has 1 heterocycles. The molecule has 0 saturated carbocycles. The molecule has 0 bridgehead atoms. The van der Waals surface area contributed by atoms with E-state index in [0.29, 0.717) is 6.42 Å². The molecule has 12 heteroatoms. The lowest BCUT2D eigenvalue weighted by molar-refractivity contribution is -0.146. The third-order valence-corrected chi connectivity index (χ3v) is 6.72. The maximum absolute atomic E-state index is 13.0. The van der Waals surface area contributed by atoms with Crippen LogP contribution in [0.4, 0.5) is 0 Å². The van der Waals surface area contributed by atoms with Crippen molar-refractivity contribution in [1.82, 2.24) is 9.62 Å². The maximum Gasteiger partial charge on any atom is 0.328 e. The highest BCUT2D eigenvalue weighted by Gasteiger charge is 2.40. The lowest BCUT2D eigenvalue weighted by Gasteiger charge is -2.25. The number of aliphatic carboxylic acids is 1. The molecule has 1 aromatic carbocycles. The number of methoxy groups -OCH3 is 1. The lowest BCUT2D eigenvalue weighted by atomic mass is 10.1. The number of carbonyl (C=O) groups is 3. The van der Waals surface area contributed by atoms with E-state index in [9.17, 15) is 22.8 Å². The van der Waals surface area contributed by atoms with Gasteiger partial charge in [-0.1, -0.05) is 23.2 Å². The minimum absolute atomic E-state index is 0.0998. The Hall–Kier alpha value is -1.88. The van der Waals surface area contributed by atoms with Gasteiger partial charge in [-0.25, -0.2) is 13.2 Å². The zero-order valence-electron chi connectivity index (χ0n) is 15.4. The number of carbonyl (C=O) groups excluding carboxylic acids is 2. The largest absolute Gasteiger partial charge is 0.481 e. The summed E-state index contributed by atoms with van der Waals surface area (Å²) in [5.41, 5.74) is 0. The zero-order valence-corrected chi connectivity index (χ0v) is 17.8. The zero-order chi connectivity index (χ0) is 21.8. The average Bonchev–Trinajstić information content (AvgIpc) is 3.14. The number of hydrogen-bond donors (Lipinski definition) is 2. The fraction of sp³-hybridized carbons (Fsp3) is 0.471. The Kier molecular flexibility index (Phi) is 7.87. The SMILES string of the molecule is COC(=O)[C@@H](CCC(=O)O)NC(=O)[C@@H]1CCCN1S(=O)(=O)c1cc(Cl)cc(Cl)c1. The summed E-state index contributed by atoms with van der Waals surface area (Å²) in [6.45, 7) is 0.0998. The number of esters is 1. The van der Waals surface area contributed by atoms with E-state index in [1.807, 2.05) is 0 Å². The Morgan fingerprint density at radius 1 is 1.28 bits per heavy atom. The van der Waals surface area contributed by atoms with Crippen molar-refractivity contribution in [3.05, 3.63) is 28.2 Å². The Balaban J connectivity index is 2.22. The molecule has 0 aromatic heterocycles. The predicted molar refractivity (Wildman–Crippen MR) is 104 cm³/mol. The third kappa shape index (κ3) is 5.81. The molecular formula is C17H20Cl2N2O7S. The number of halogens is 2. The molecule has 2 atom stereocenters. The molecule has 0 unspecified atom stereocenters. The van der Waals surface area contributed by atoms with Gasteiger partial charge in [0.1, 0.15) is 12.1 Å². The Morgan fingerprint density at radius 2 is 1.90 bits per heavy atom. The van der Waals surface area contributed by atoms with Crippen molar-refractivity contribution in [1.29, 1.82) is 0 Å². The van der Waals surface area contributed by atoms with Crippen LogP contribution in [0.1, 0.15) is 25.7 Å². The van der Waals surface area contributed by atoms with Gasteiger partial charge < -0.3 is 15.2 Å². The van der Waals surface area contributed by atoms with E-state index in [-0.39, 0.29) is 40.7 Å². The molecule has 29 heavy (non-hydrogen) atoms. The van der Waals surface area contributed by atoms with Crippen LogP contribution in [0.3, 0.4) is 0 Å². The number of hydrogen-bond acceptors (Lipinski definition) is 6. The molecule has 1 aromatic rings. The van der Waals surface area contributed by atoms with Gasteiger partial charge in [0.15, 0.2) is 0 Å². The lowest BCUT2D eigenvalue weighted by Crippen LogP contribution is -2.51. The molecule has 1 fully saturated rings. The molecular weight excluding hydrogens is 447 g/mol. The van der Waals surface area contributed by atoms with Crippen molar-refractivity contribution in [3.8, 4) is 0 Å². The summed E-state index contributed by atoms with van der Waals surface area (Å²) in [5.74, 6) is -2.66. The molecule has 1 aliphatic heterocycles. The minimum atomic E-state index is -4.07. The molecule has 9 nitrogen and oxygen atoms in total. The third-order valence-electron chi connectivity index (χ3n) is 4.40. The van der Waals surface area contributed by atoms with Gasteiger partial charge in [0, 0.05) is 23.0 Å². The van der Waals surface area contributed by atoms with Crippen molar-refractivity contribution in [3.63, 3.8) is 0 Å². The molecule has 0 spiro atoms. The van der Waals surface area contributed by atoms with Crippen molar-refractivity contribution in [2.75, 3.05) is 13.7 Å². The van der Waals surface area contributed by atoms with Crippen LogP contribution >= 0.6 is 23.2 Å². The fourth-order valence-corrected chi connectivity index (χ4v) is 5.41. The Labute approximate surface area is 178 Å². The summed E-state index contributed by atoms with van der Waals surface area (Å²) in [5, 5.41) is 11.5. The molecule has 1 amide bonds. The summed E-state index contributed by atoms with van der Waals surface area (Å²) < 4.78 is 31.6. The second-order valence-corrected chi connectivity index (χ2v) is 9.16. The van der Waals surface area contributed by atoms with Crippen LogP contribution in [0.15, 0.2) is 23.1 Å². The highest BCUT2D eigenvalue weighted by Crippen LogP contribution is 2.29. The van der Waals surface area contributed by atoms with Crippen LogP contribution in [0, 0.1) is 0 Å². The molecule has 2 N–H and O–H groups in total. The summed E-state index contributed by atoms with van der Waals surface area (Å²) in [6.07, 6.45) is 0.126. The standard InChI is InChI=1S/C17H20Cl2N2O7S/c1-28-17(25)13(4-5-15(22)23)20-16(24)14-3-2-6-21(14)29(26,27)12-8-10(18)7-11(19)9-12/h7-9,13-14H,2-6H2,1H3,(H,20,24)(H,22,23)/t13-,14+/m1/s1. The highest BCUT2D eigenvalue weighted by molar-refractivity contribution is 7.89. The topological polar surface area (TPSA) is 130 Å². The molecule has 1 saturated heterocycles. The molecule has 2 rings (SSSR count). The van der Waals surface area contributed by atoms with Crippen molar-refractivity contribution in [2.24, 2.45) is 0 Å².